The maximum Gasteiger partial charge on any atom is 0.352 e. The smallest absolute Gasteiger partial charge is 0.352 e. The number of rotatable bonds is 4. The summed E-state index contributed by atoms with van der Waals surface area (Å²) in [7, 11) is 2.02. The fourth-order valence-corrected chi connectivity index (χ4v) is 4.39. The number of aromatic nitrogens is 3. The van der Waals surface area contributed by atoms with Crippen LogP contribution in [0.2, 0.25) is 0 Å². The van der Waals surface area contributed by atoms with Gasteiger partial charge in [-0.15, -0.1) is 11.3 Å². The summed E-state index contributed by atoms with van der Waals surface area (Å²) in [6.07, 6.45) is 2.66. The number of aromatic hydroxyl groups is 1. The Balaban J connectivity index is 1.78. The Kier molecular flexibility index (Phi) is 4.31. The summed E-state index contributed by atoms with van der Waals surface area (Å²) in [4.78, 5) is 22.0. The number of hydrogen-bond acceptors (Lipinski definition) is 6. The third-order valence-electron chi connectivity index (χ3n) is 4.54. The predicted molar refractivity (Wildman–Crippen MR) is 105 cm³/mol. The lowest BCUT2D eigenvalue weighted by Gasteiger charge is -2.03. The molecule has 0 atom stereocenters. The van der Waals surface area contributed by atoms with Crippen LogP contribution in [0.1, 0.15) is 33.7 Å². The van der Waals surface area contributed by atoms with Crippen LogP contribution in [0.5, 0.6) is 5.75 Å². The van der Waals surface area contributed by atoms with E-state index < -0.39 is 5.97 Å². The van der Waals surface area contributed by atoms with Gasteiger partial charge in [-0.25, -0.2) is 14.8 Å². The van der Waals surface area contributed by atoms with E-state index in [2.05, 4.69) is 32.9 Å². The van der Waals surface area contributed by atoms with Crippen LogP contribution in [0.4, 0.5) is 0 Å². The van der Waals surface area contributed by atoms with Gasteiger partial charge in [-0.05, 0) is 25.5 Å². The number of hydrogen-bond donors (Lipinski definition) is 1. The highest BCUT2D eigenvalue weighted by molar-refractivity contribution is 7.20. The molecule has 0 saturated carbocycles. The Morgan fingerprint density at radius 2 is 2.07 bits per heavy atom. The van der Waals surface area contributed by atoms with E-state index in [0.29, 0.717) is 28.2 Å². The van der Waals surface area contributed by atoms with Crippen LogP contribution < -0.4 is 0 Å². The van der Waals surface area contributed by atoms with Crippen molar-refractivity contribution in [3.8, 4) is 5.75 Å². The number of carbonyl (C=O) groups excluding carboxylic acids is 1. The first-order chi connectivity index (χ1) is 13.0. The van der Waals surface area contributed by atoms with Crippen molar-refractivity contribution < 1.29 is 14.6 Å². The van der Waals surface area contributed by atoms with Gasteiger partial charge in [0.2, 0.25) is 0 Å². The minimum atomic E-state index is -0.534. The van der Waals surface area contributed by atoms with Gasteiger partial charge < -0.3 is 14.4 Å². The first-order valence-electron chi connectivity index (χ1n) is 8.68. The molecule has 0 saturated heterocycles. The number of nitrogens with zero attached hydrogens (tertiary/aromatic N) is 3. The third kappa shape index (κ3) is 2.94. The predicted octanol–water partition coefficient (Wildman–Crippen LogP) is 3.96. The highest BCUT2D eigenvalue weighted by atomic mass is 32.1. The molecule has 0 aliphatic carbocycles. The highest BCUT2D eigenvalue weighted by Crippen LogP contribution is 2.38. The van der Waals surface area contributed by atoms with Crippen molar-refractivity contribution in [2.24, 2.45) is 7.05 Å². The van der Waals surface area contributed by atoms with Crippen molar-refractivity contribution in [3.63, 3.8) is 0 Å². The molecule has 1 N–H and O–H groups in total. The average molecular weight is 381 g/mol. The van der Waals surface area contributed by atoms with Crippen LogP contribution in [-0.2, 0) is 18.2 Å². The van der Waals surface area contributed by atoms with Gasteiger partial charge in [-0.1, -0.05) is 18.2 Å². The lowest BCUT2D eigenvalue weighted by atomic mass is 10.1. The number of ether oxygens (including phenoxy) is 1. The monoisotopic (exact) mass is 381 g/mol. The molecule has 0 bridgehead atoms. The van der Waals surface area contributed by atoms with E-state index in [1.54, 1.807) is 6.92 Å². The van der Waals surface area contributed by atoms with E-state index in [-0.39, 0.29) is 17.2 Å². The molecule has 138 valence electrons. The van der Waals surface area contributed by atoms with E-state index in [1.165, 1.54) is 5.39 Å². The Morgan fingerprint density at radius 1 is 1.30 bits per heavy atom. The second-order valence-electron chi connectivity index (χ2n) is 6.36. The Bertz CT molecular complexity index is 1180. The van der Waals surface area contributed by atoms with Crippen LogP contribution in [0.3, 0.4) is 0 Å². The summed E-state index contributed by atoms with van der Waals surface area (Å²) in [5, 5.41) is 12.1. The summed E-state index contributed by atoms with van der Waals surface area (Å²) in [6, 6.07) is 8.21. The van der Waals surface area contributed by atoms with Crippen molar-refractivity contribution in [2.45, 2.75) is 20.3 Å². The SMILES string of the molecule is CCOC(=O)c1sc2nc(Cc3cn(C)c4ccccc34)nc(C)c2c1O. The molecule has 4 rings (SSSR count). The number of fused-ring (bicyclic) bond motifs is 2. The van der Waals surface area contributed by atoms with E-state index in [0.717, 1.165) is 22.4 Å². The summed E-state index contributed by atoms with van der Waals surface area (Å²) in [5.41, 5.74) is 2.95. The fraction of sp³-hybridized carbons (Fsp3) is 0.250. The molecule has 0 fully saturated rings. The quantitative estimate of drug-likeness (QED) is 0.541. The molecule has 0 amide bonds. The molecule has 0 aliphatic heterocycles. The Hall–Kier alpha value is -2.93. The largest absolute Gasteiger partial charge is 0.505 e. The summed E-state index contributed by atoms with van der Waals surface area (Å²) in [6.45, 7) is 3.80. The number of para-hydroxylation sites is 1. The van der Waals surface area contributed by atoms with Crippen molar-refractivity contribution in [2.75, 3.05) is 6.61 Å². The minimum Gasteiger partial charge on any atom is -0.505 e. The van der Waals surface area contributed by atoms with E-state index in [1.807, 2.05) is 26.1 Å². The van der Waals surface area contributed by atoms with Gasteiger partial charge in [0.25, 0.3) is 0 Å². The van der Waals surface area contributed by atoms with E-state index in [4.69, 9.17) is 4.74 Å². The first kappa shape index (κ1) is 17.5. The maximum atomic E-state index is 12.0. The molecule has 0 radical (unpaired) electrons. The van der Waals surface area contributed by atoms with Gasteiger partial charge >= 0.3 is 5.97 Å². The molecule has 4 aromatic rings. The maximum absolute atomic E-state index is 12.0. The van der Waals surface area contributed by atoms with Crippen molar-refractivity contribution in [1.82, 2.24) is 14.5 Å². The third-order valence-corrected chi connectivity index (χ3v) is 5.60. The molecule has 27 heavy (non-hydrogen) atoms. The number of esters is 1. The molecule has 1 aromatic carbocycles. The standard InChI is InChI=1S/C20H19N3O3S/c1-4-26-20(25)18-17(24)16-11(2)21-15(22-19(16)27-18)9-12-10-23(3)14-8-6-5-7-13(12)14/h5-8,10,24H,4,9H2,1-3H3. The number of benzene rings is 1. The summed E-state index contributed by atoms with van der Waals surface area (Å²) < 4.78 is 7.10. The zero-order chi connectivity index (χ0) is 19.1. The van der Waals surface area contributed by atoms with Crippen LogP contribution >= 0.6 is 11.3 Å². The highest BCUT2D eigenvalue weighted by Gasteiger charge is 2.22. The molecule has 3 aromatic heterocycles. The zero-order valence-corrected chi connectivity index (χ0v) is 16.1. The average Bonchev–Trinajstić information content (AvgIpc) is 3.13. The van der Waals surface area contributed by atoms with Crippen molar-refractivity contribution in [3.05, 3.63) is 52.4 Å². The number of carbonyl (C=O) groups is 1. The molecule has 6 nitrogen and oxygen atoms in total. The van der Waals surface area contributed by atoms with Gasteiger partial charge in [0.05, 0.1) is 17.7 Å². The molecular formula is C20H19N3O3S. The van der Waals surface area contributed by atoms with Gasteiger partial charge in [0.1, 0.15) is 10.7 Å². The Labute approximate surface area is 160 Å². The van der Waals surface area contributed by atoms with Crippen LogP contribution in [-0.4, -0.2) is 32.2 Å². The summed E-state index contributed by atoms with van der Waals surface area (Å²) in [5.74, 6) is 0.0312. The molecule has 0 unspecified atom stereocenters. The van der Waals surface area contributed by atoms with Crippen molar-refractivity contribution >= 4 is 38.4 Å². The van der Waals surface area contributed by atoms with Crippen LogP contribution in [0.25, 0.3) is 21.1 Å². The minimum absolute atomic E-state index is 0.0948. The van der Waals surface area contributed by atoms with Gasteiger partial charge in [-0.3, -0.25) is 0 Å². The molecule has 3 heterocycles. The molecule has 0 aliphatic rings. The molecule has 7 heteroatoms. The normalized spacial score (nSPS) is 11.4. The first-order valence-corrected chi connectivity index (χ1v) is 9.50. The lowest BCUT2D eigenvalue weighted by Crippen LogP contribution is -2.02. The Morgan fingerprint density at radius 3 is 2.85 bits per heavy atom. The van der Waals surface area contributed by atoms with Gasteiger partial charge in [0.15, 0.2) is 10.6 Å². The molecular weight excluding hydrogens is 362 g/mol. The second kappa shape index (κ2) is 6.66. The summed E-state index contributed by atoms with van der Waals surface area (Å²) >= 11 is 1.14. The van der Waals surface area contributed by atoms with Crippen LogP contribution in [0.15, 0.2) is 30.5 Å². The second-order valence-corrected chi connectivity index (χ2v) is 7.36. The zero-order valence-electron chi connectivity index (χ0n) is 15.3. The van der Waals surface area contributed by atoms with E-state index in [9.17, 15) is 9.90 Å². The van der Waals surface area contributed by atoms with E-state index >= 15 is 0 Å². The fourth-order valence-electron chi connectivity index (χ4n) is 3.36. The van der Waals surface area contributed by atoms with Crippen LogP contribution in [0, 0.1) is 6.92 Å². The number of thiophene rings is 1. The number of aryl methyl sites for hydroxylation is 2. The van der Waals surface area contributed by atoms with Crippen molar-refractivity contribution in [1.29, 1.82) is 0 Å². The van der Waals surface area contributed by atoms with Gasteiger partial charge in [-0.2, -0.15) is 0 Å². The van der Waals surface area contributed by atoms with Gasteiger partial charge in [0, 0.05) is 30.6 Å². The lowest BCUT2D eigenvalue weighted by molar-refractivity contribution is 0.0529. The molecule has 0 spiro atoms. The topological polar surface area (TPSA) is 77.2 Å².